The highest BCUT2D eigenvalue weighted by molar-refractivity contribution is 5.35. The molecule has 1 aromatic carbocycles. The molecular formula is C13H11FN6O. The first-order chi connectivity index (χ1) is 10.1. The van der Waals surface area contributed by atoms with Crippen molar-refractivity contribution in [3.8, 4) is 17.7 Å². The number of halogens is 1. The van der Waals surface area contributed by atoms with Crippen LogP contribution in [0.2, 0.25) is 0 Å². The van der Waals surface area contributed by atoms with Crippen molar-refractivity contribution in [3.63, 3.8) is 0 Å². The minimum Gasteiger partial charge on any atom is -0.424 e. The van der Waals surface area contributed by atoms with Crippen LogP contribution in [0.4, 0.5) is 10.3 Å². The molecule has 0 aliphatic rings. The number of hydrogen-bond donors (Lipinski definition) is 1. The van der Waals surface area contributed by atoms with Crippen molar-refractivity contribution >= 4 is 5.95 Å². The molecule has 7 nitrogen and oxygen atoms in total. The highest BCUT2D eigenvalue weighted by Gasteiger charge is 2.10. The summed E-state index contributed by atoms with van der Waals surface area (Å²) in [6, 6.07) is 4.18. The molecule has 0 amide bonds. The van der Waals surface area contributed by atoms with E-state index in [0.717, 1.165) is 0 Å². The lowest BCUT2D eigenvalue weighted by atomic mass is 10.2. The van der Waals surface area contributed by atoms with Gasteiger partial charge in [-0.2, -0.15) is 15.0 Å². The Morgan fingerprint density at radius 1 is 1.24 bits per heavy atom. The molecule has 3 rings (SSSR count). The maximum atomic E-state index is 13.1. The molecule has 0 saturated heterocycles. The summed E-state index contributed by atoms with van der Waals surface area (Å²) in [5.41, 5.74) is 6.27. The number of hydrogen-bond acceptors (Lipinski definition) is 6. The SMILES string of the molecule is Cc1cc(F)ccc1Oc1nc(N)nc(-n2ccnc2)n1. The number of rotatable bonds is 3. The van der Waals surface area contributed by atoms with Gasteiger partial charge in [0.1, 0.15) is 17.9 Å². The average Bonchev–Trinajstić information content (AvgIpc) is 2.95. The van der Waals surface area contributed by atoms with Gasteiger partial charge in [-0.05, 0) is 30.7 Å². The first-order valence-corrected chi connectivity index (χ1v) is 6.06. The van der Waals surface area contributed by atoms with Crippen LogP contribution in [0.5, 0.6) is 11.8 Å². The van der Waals surface area contributed by atoms with Crippen molar-refractivity contribution < 1.29 is 9.13 Å². The summed E-state index contributed by atoms with van der Waals surface area (Å²) < 4.78 is 20.2. The van der Waals surface area contributed by atoms with Gasteiger partial charge in [0.15, 0.2) is 0 Å². The van der Waals surface area contributed by atoms with Gasteiger partial charge in [0, 0.05) is 12.4 Å². The normalized spacial score (nSPS) is 10.6. The third kappa shape index (κ3) is 2.78. The summed E-state index contributed by atoms with van der Waals surface area (Å²) in [7, 11) is 0. The summed E-state index contributed by atoms with van der Waals surface area (Å²) in [6.07, 6.45) is 4.79. The van der Waals surface area contributed by atoms with Gasteiger partial charge in [-0.1, -0.05) is 0 Å². The number of aryl methyl sites for hydroxylation is 1. The zero-order valence-electron chi connectivity index (χ0n) is 11.1. The lowest BCUT2D eigenvalue weighted by molar-refractivity contribution is 0.435. The predicted molar refractivity (Wildman–Crippen MR) is 72.6 cm³/mol. The second kappa shape index (κ2) is 5.16. The van der Waals surface area contributed by atoms with Crippen LogP contribution in [0.3, 0.4) is 0 Å². The van der Waals surface area contributed by atoms with Crippen molar-refractivity contribution in [3.05, 3.63) is 48.3 Å². The molecule has 0 bridgehead atoms. The number of aromatic nitrogens is 5. The van der Waals surface area contributed by atoms with E-state index in [0.29, 0.717) is 11.3 Å². The topological polar surface area (TPSA) is 91.7 Å². The minimum atomic E-state index is -0.339. The lowest BCUT2D eigenvalue weighted by Gasteiger charge is -2.08. The molecular weight excluding hydrogens is 275 g/mol. The number of ether oxygens (including phenoxy) is 1. The number of anilines is 1. The highest BCUT2D eigenvalue weighted by atomic mass is 19.1. The molecule has 0 aliphatic heterocycles. The first-order valence-electron chi connectivity index (χ1n) is 6.06. The van der Waals surface area contributed by atoms with Crippen LogP contribution in [0.15, 0.2) is 36.9 Å². The van der Waals surface area contributed by atoms with E-state index in [4.69, 9.17) is 10.5 Å². The van der Waals surface area contributed by atoms with E-state index in [1.54, 1.807) is 23.9 Å². The van der Waals surface area contributed by atoms with E-state index in [2.05, 4.69) is 19.9 Å². The van der Waals surface area contributed by atoms with Gasteiger partial charge in [-0.3, -0.25) is 4.57 Å². The highest BCUT2D eigenvalue weighted by Crippen LogP contribution is 2.23. The Morgan fingerprint density at radius 2 is 2.10 bits per heavy atom. The van der Waals surface area contributed by atoms with E-state index in [-0.39, 0.29) is 23.7 Å². The molecule has 2 heterocycles. The lowest BCUT2D eigenvalue weighted by Crippen LogP contribution is -2.06. The fourth-order valence-electron chi connectivity index (χ4n) is 1.73. The number of nitrogen functional groups attached to an aromatic ring is 1. The van der Waals surface area contributed by atoms with Crippen molar-refractivity contribution in [1.82, 2.24) is 24.5 Å². The molecule has 2 N–H and O–H groups in total. The Morgan fingerprint density at radius 3 is 2.81 bits per heavy atom. The number of benzene rings is 1. The van der Waals surface area contributed by atoms with E-state index in [1.165, 1.54) is 24.5 Å². The maximum Gasteiger partial charge on any atom is 0.328 e. The Kier molecular flexibility index (Phi) is 3.19. The van der Waals surface area contributed by atoms with Crippen molar-refractivity contribution in [2.24, 2.45) is 0 Å². The molecule has 8 heteroatoms. The van der Waals surface area contributed by atoms with E-state index in [1.807, 2.05) is 0 Å². The molecule has 106 valence electrons. The molecule has 0 unspecified atom stereocenters. The third-order valence-corrected chi connectivity index (χ3v) is 2.69. The molecule has 0 radical (unpaired) electrons. The van der Waals surface area contributed by atoms with Crippen molar-refractivity contribution in [1.29, 1.82) is 0 Å². The van der Waals surface area contributed by atoms with E-state index < -0.39 is 0 Å². The summed E-state index contributed by atoms with van der Waals surface area (Å²) >= 11 is 0. The molecule has 0 fully saturated rings. The smallest absolute Gasteiger partial charge is 0.328 e. The van der Waals surface area contributed by atoms with Crippen LogP contribution in [0, 0.1) is 12.7 Å². The number of nitrogens with zero attached hydrogens (tertiary/aromatic N) is 5. The number of imidazole rings is 1. The van der Waals surface area contributed by atoms with Gasteiger partial charge in [0.05, 0.1) is 0 Å². The summed E-state index contributed by atoms with van der Waals surface area (Å²) in [5, 5.41) is 0. The predicted octanol–water partition coefficient (Wildman–Crippen LogP) is 1.88. The third-order valence-electron chi connectivity index (χ3n) is 2.69. The van der Waals surface area contributed by atoms with Crippen LogP contribution in [0.1, 0.15) is 5.56 Å². The second-order valence-electron chi connectivity index (χ2n) is 4.26. The first kappa shape index (κ1) is 13.0. The summed E-state index contributed by atoms with van der Waals surface area (Å²) in [6.45, 7) is 1.72. The van der Waals surface area contributed by atoms with Gasteiger partial charge in [-0.15, -0.1) is 0 Å². The second-order valence-corrected chi connectivity index (χ2v) is 4.26. The Bertz CT molecular complexity index is 774. The van der Waals surface area contributed by atoms with E-state index >= 15 is 0 Å². The largest absolute Gasteiger partial charge is 0.424 e. The van der Waals surface area contributed by atoms with Gasteiger partial charge in [0.2, 0.25) is 11.9 Å². The van der Waals surface area contributed by atoms with Crippen LogP contribution in [-0.2, 0) is 0 Å². The van der Waals surface area contributed by atoms with Gasteiger partial charge >= 0.3 is 6.01 Å². The fraction of sp³-hybridized carbons (Fsp3) is 0.0769. The van der Waals surface area contributed by atoms with Crippen LogP contribution >= 0.6 is 0 Å². The van der Waals surface area contributed by atoms with Gasteiger partial charge in [-0.25, -0.2) is 9.37 Å². The Hall–Kier alpha value is -3.03. The quantitative estimate of drug-likeness (QED) is 0.790. The Labute approximate surface area is 119 Å². The molecule has 0 spiro atoms. The number of nitrogens with two attached hydrogens (primary N) is 1. The van der Waals surface area contributed by atoms with Crippen LogP contribution in [-0.4, -0.2) is 24.5 Å². The maximum absolute atomic E-state index is 13.1. The minimum absolute atomic E-state index is 0.0171. The summed E-state index contributed by atoms with van der Waals surface area (Å²) in [4.78, 5) is 15.9. The molecule has 2 aromatic heterocycles. The molecule has 3 aromatic rings. The monoisotopic (exact) mass is 286 g/mol. The van der Waals surface area contributed by atoms with Gasteiger partial charge in [0.25, 0.3) is 0 Å². The van der Waals surface area contributed by atoms with Crippen LogP contribution in [0.25, 0.3) is 5.95 Å². The summed E-state index contributed by atoms with van der Waals surface area (Å²) in [5.74, 6) is 0.408. The Balaban J connectivity index is 1.95. The molecule has 0 atom stereocenters. The molecule has 21 heavy (non-hydrogen) atoms. The standard InChI is InChI=1S/C13H11FN6O/c1-8-6-9(14)2-3-10(8)21-13-18-11(15)17-12(19-13)20-5-4-16-7-20/h2-7H,1H3,(H2,15,17,18,19). The van der Waals surface area contributed by atoms with Gasteiger partial charge < -0.3 is 10.5 Å². The van der Waals surface area contributed by atoms with E-state index in [9.17, 15) is 4.39 Å². The van der Waals surface area contributed by atoms with Crippen LogP contribution < -0.4 is 10.5 Å². The zero-order valence-corrected chi connectivity index (χ0v) is 11.1. The van der Waals surface area contributed by atoms with Crippen molar-refractivity contribution in [2.75, 3.05) is 5.73 Å². The fourth-order valence-corrected chi connectivity index (χ4v) is 1.73. The zero-order chi connectivity index (χ0) is 14.8. The van der Waals surface area contributed by atoms with Crippen molar-refractivity contribution in [2.45, 2.75) is 6.92 Å². The molecule has 0 saturated carbocycles. The molecule has 0 aliphatic carbocycles. The average molecular weight is 286 g/mol.